The van der Waals surface area contributed by atoms with Crippen LogP contribution < -0.4 is 4.89 Å². The molecule has 0 radical (unpaired) electrons. The molecule has 0 aliphatic carbocycles. The van der Waals surface area contributed by atoms with E-state index in [4.69, 9.17) is 14.2 Å². The summed E-state index contributed by atoms with van der Waals surface area (Å²) in [5.74, 6) is 0. The van der Waals surface area contributed by atoms with Gasteiger partial charge in [-0.1, -0.05) is 74.8 Å². The Hall–Kier alpha value is -1.05. The average Bonchev–Trinajstić information content (AvgIpc) is 2.80. The lowest BCUT2D eigenvalue weighted by Crippen LogP contribution is -2.42. The van der Waals surface area contributed by atoms with Crippen LogP contribution in [0.5, 0.6) is 0 Å². The van der Waals surface area contributed by atoms with E-state index in [1.165, 1.54) is 25.7 Å². The standard InChI is InChI=1S/C28H52NO6P/c1-5-6-7-8-9-10-11-12-13-14-15-16-17-18-19-20-21-22-23-28(24-29(2,3)4)35-36(32,33)34-26-27(31)25-30/h9-10,12-13,15-16,18-19,27-28,30-31H,5-8,11,14,17,20-26H2,1-4H3/b10-9-,13-12-,16-15-,19-18-/t27-,28?/m1/s1. The maximum Gasteiger partial charge on any atom is 0.268 e. The SMILES string of the molecule is CCCCC/C=C\C/C=C\C/C=C\C/C=C\CCCCC(C[N+](C)(C)C)OP(=O)([O-])OC[C@H](O)CO. The van der Waals surface area contributed by atoms with Gasteiger partial charge in [-0.25, -0.2) is 0 Å². The maximum absolute atomic E-state index is 12.1. The maximum atomic E-state index is 12.1. The second kappa shape index (κ2) is 22.0. The van der Waals surface area contributed by atoms with Crippen LogP contribution in [0.4, 0.5) is 0 Å². The van der Waals surface area contributed by atoms with Crippen molar-refractivity contribution in [3.05, 3.63) is 48.6 Å². The molecule has 0 heterocycles. The summed E-state index contributed by atoms with van der Waals surface area (Å²) in [6.45, 7) is 1.66. The Labute approximate surface area is 220 Å². The normalized spacial score (nSPS) is 16.5. The largest absolute Gasteiger partial charge is 0.756 e. The number of hydrogen-bond donors (Lipinski definition) is 2. The monoisotopic (exact) mass is 529 g/mol. The summed E-state index contributed by atoms with van der Waals surface area (Å²) in [7, 11) is 1.36. The van der Waals surface area contributed by atoms with Crippen LogP contribution in [0.1, 0.15) is 77.6 Å². The number of phosphoric acid groups is 1. The number of aliphatic hydroxyl groups is 2. The molecule has 0 aromatic rings. The van der Waals surface area contributed by atoms with Gasteiger partial charge in [-0.05, 0) is 51.4 Å². The molecule has 0 rings (SSSR count). The van der Waals surface area contributed by atoms with Gasteiger partial charge in [0.05, 0.1) is 34.4 Å². The number of aliphatic hydroxyl groups excluding tert-OH is 2. The molecule has 2 unspecified atom stereocenters. The molecule has 0 bridgehead atoms. The van der Waals surface area contributed by atoms with E-state index in [2.05, 4.69) is 55.5 Å². The predicted octanol–water partition coefficient (Wildman–Crippen LogP) is 5.45. The van der Waals surface area contributed by atoms with Crippen LogP contribution in [-0.2, 0) is 13.6 Å². The molecule has 0 saturated carbocycles. The zero-order valence-corrected chi connectivity index (χ0v) is 24.0. The molecular weight excluding hydrogens is 477 g/mol. The van der Waals surface area contributed by atoms with Crippen molar-refractivity contribution >= 4 is 7.82 Å². The summed E-state index contributed by atoms with van der Waals surface area (Å²) in [4.78, 5) is 12.1. The quantitative estimate of drug-likeness (QED) is 0.0790. The van der Waals surface area contributed by atoms with E-state index in [9.17, 15) is 14.6 Å². The first-order valence-electron chi connectivity index (χ1n) is 13.4. The Balaban J connectivity index is 4.12. The van der Waals surface area contributed by atoms with Crippen molar-refractivity contribution in [1.82, 2.24) is 0 Å². The highest BCUT2D eigenvalue weighted by atomic mass is 31.2. The van der Waals surface area contributed by atoms with E-state index < -0.39 is 33.2 Å². The molecule has 0 aromatic carbocycles. The zero-order valence-electron chi connectivity index (χ0n) is 23.1. The zero-order chi connectivity index (χ0) is 27.1. The van der Waals surface area contributed by atoms with Crippen molar-refractivity contribution in [2.45, 2.75) is 89.8 Å². The fourth-order valence-electron chi connectivity index (χ4n) is 3.43. The highest BCUT2D eigenvalue weighted by Gasteiger charge is 2.24. The Morgan fingerprint density at radius 3 is 1.83 bits per heavy atom. The third-order valence-corrected chi connectivity index (χ3v) is 6.29. The minimum atomic E-state index is -4.56. The molecule has 210 valence electrons. The number of hydrogen-bond acceptors (Lipinski definition) is 6. The van der Waals surface area contributed by atoms with Crippen molar-refractivity contribution in [1.29, 1.82) is 0 Å². The van der Waals surface area contributed by atoms with Crippen molar-refractivity contribution < 1.29 is 33.2 Å². The molecule has 0 aromatic heterocycles. The Kier molecular flexibility index (Phi) is 21.3. The summed E-state index contributed by atoms with van der Waals surface area (Å²) >= 11 is 0. The Morgan fingerprint density at radius 2 is 1.36 bits per heavy atom. The van der Waals surface area contributed by atoms with Crippen LogP contribution in [0.25, 0.3) is 0 Å². The van der Waals surface area contributed by atoms with Crippen LogP contribution in [0.2, 0.25) is 0 Å². The Morgan fingerprint density at radius 1 is 0.861 bits per heavy atom. The van der Waals surface area contributed by atoms with E-state index in [0.29, 0.717) is 17.4 Å². The number of likely N-dealkylation sites (N-methyl/N-ethyl adjacent to an activating group) is 1. The van der Waals surface area contributed by atoms with Crippen molar-refractivity contribution in [2.24, 2.45) is 0 Å². The molecule has 0 aliphatic rings. The lowest BCUT2D eigenvalue weighted by molar-refractivity contribution is -0.873. The van der Waals surface area contributed by atoms with Gasteiger partial charge in [0, 0.05) is 0 Å². The molecule has 36 heavy (non-hydrogen) atoms. The second-order valence-corrected chi connectivity index (χ2v) is 11.5. The fourth-order valence-corrected chi connectivity index (χ4v) is 4.38. The van der Waals surface area contributed by atoms with E-state index in [1.54, 1.807) is 0 Å². The summed E-state index contributed by atoms with van der Waals surface area (Å²) in [6.07, 6.45) is 27.1. The average molecular weight is 530 g/mol. The molecular formula is C28H52NO6P. The van der Waals surface area contributed by atoms with Gasteiger partial charge >= 0.3 is 0 Å². The summed E-state index contributed by atoms with van der Waals surface area (Å²) < 4.78 is 22.6. The summed E-state index contributed by atoms with van der Waals surface area (Å²) in [5.41, 5.74) is 0. The first-order valence-corrected chi connectivity index (χ1v) is 14.9. The molecule has 2 N–H and O–H groups in total. The van der Waals surface area contributed by atoms with Crippen LogP contribution in [0.3, 0.4) is 0 Å². The second-order valence-electron chi connectivity index (χ2n) is 10.2. The van der Waals surface area contributed by atoms with Gasteiger partial charge in [0.15, 0.2) is 0 Å². The van der Waals surface area contributed by atoms with Crippen molar-refractivity contribution in [3.63, 3.8) is 0 Å². The van der Waals surface area contributed by atoms with Gasteiger partial charge < -0.3 is 28.6 Å². The first-order chi connectivity index (χ1) is 17.1. The number of unbranched alkanes of at least 4 members (excludes halogenated alkanes) is 5. The van der Waals surface area contributed by atoms with E-state index in [1.807, 2.05) is 21.1 Å². The molecule has 0 fully saturated rings. The highest BCUT2D eigenvalue weighted by Crippen LogP contribution is 2.41. The molecule has 0 saturated heterocycles. The van der Waals surface area contributed by atoms with E-state index in [-0.39, 0.29) is 0 Å². The smallest absolute Gasteiger partial charge is 0.268 e. The van der Waals surface area contributed by atoms with Gasteiger partial charge in [0.2, 0.25) is 0 Å². The number of phosphoric ester groups is 1. The van der Waals surface area contributed by atoms with Crippen molar-refractivity contribution in [3.8, 4) is 0 Å². The minimum Gasteiger partial charge on any atom is -0.756 e. The van der Waals surface area contributed by atoms with Crippen molar-refractivity contribution in [2.75, 3.05) is 40.9 Å². The van der Waals surface area contributed by atoms with E-state index in [0.717, 1.165) is 38.5 Å². The van der Waals surface area contributed by atoms with Gasteiger partial charge in [0.25, 0.3) is 7.82 Å². The topological polar surface area (TPSA) is 99.1 Å². The number of rotatable bonds is 23. The van der Waals surface area contributed by atoms with Gasteiger partial charge in [-0.3, -0.25) is 4.57 Å². The molecule has 0 aliphatic heterocycles. The lowest BCUT2D eigenvalue weighted by Gasteiger charge is -2.33. The number of allylic oxidation sites excluding steroid dienone is 8. The summed E-state index contributed by atoms with van der Waals surface area (Å²) in [6, 6.07) is 0. The molecule has 8 heteroatoms. The minimum absolute atomic E-state index is 0.504. The van der Waals surface area contributed by atoms with E-state index >= 15 is 0 Å². The highest BCUT2D eigenvalue weighted by molar-refractivity contribution is 7.45. The van der Waals surface area contributed by atoms with Crippen LogP contribution in [0, 0.1) is 0 Å². The molecule has 0 spiro atoms. The molecule has 3 atom stereocenters. The third kappa shape index (κ3) is 24.6. The van der Waals surface area contributed by atoms with Crippen LogP contribution >= 0.6 is 7.82 Å². The lowest BCUT2D eigenvalue weighted by atomic mass is 10.1. The van der Waals surface area contributed by atoms with Crippen LogP contribution in [0.15, 0.2) is 48.6 Å². The molecule has 7 nitrogen and oxygen atoms in total. The third-order valence-electron chi connectivity index (χ3n) is 5.27. The first kappa shape index (κ1) is 35.0. The summed E-state index contributed by atoms with van der Waals surface area (Å²) in [5, 5.41) is 18.1. The fraction of sp³-hybridized carbons (Fsp3) is 0.714. The number of nitrogens with zero attached hydrogens (tertiary/aromatic N) is 1. The van der Waals surface area contributed by atoms with Crippen LogP contribution in [-0.4, -0.2) is 67.8 Å². The Bertz CT molecular complexity index is 684. The van der Waals surface area contributed by atoms with Gasteiger partial charge in [0.1, 0.15) is 18.8 Å². The number of quaternary nitrogens is 1. The van der Waals surface area contributed by atoms with Gasteiger partial charge in [-0.2, -0.15) is 0 Å². The molecule has 0 amide bonds. The van der Waals surface area contributed by atoms with Gasteiger partial charge in [-0.15, -0.1) is 0 Å². The predicted molar refractivity (Wildman–Crippen MR) is 147 cm³/mol.